The average Bonchev–Trinajstić information content (AvgIpc) is 2.29. The molecular formula is C13H16O5S. The monoisotopic (exact) mass is 284 g/mol. The van der Waals surface area contributed by atoms with E-state index in [-0.39, 0.29) is 12.2 Å². The Labute approximate surface area is 112 Å². The van der Waals surface area contributed by atoms with Crippen molar-refractivity contribution in [2.24, 2.45) is 0 Å². The van der Waals surface area contributed by atoms with Crippen molar-refractivity contribution in [3.8, 4) is 5.75 Å². The summed E-state index contributed by atoms with van der Waals surface area (Å²) < 4.78 is 35.9. The molecule has 0 heterocycles. The molecule has 0 bridgehead atoms. The van der Waals surface area contributed by atoms with Crippen LogP contribution in [0.4, 0.5) is 0 Å². The van der Waals surface area contributed by atoms with Gasteiger partial charge in [0.15, 0.2) is 5.78 Å². The third-order valence-corrected chi connectivity index (χ3v) is 3.25. The Balaban J connectivity index is 3.15. The highest BCUT2D eigenvalue weighted by atomic mass is 32.2. The van der Waals surface area contributed by atoms with Crippen LogP contribution in [0.2, 0.25) is 0 Å². The van der Waals surface area contributed by atoms with Crippen LogP contribution in [0.3, 0.4) is 0 Å². The zero-order chi connectivity index (χ0) is 14.6. The Morgan fingerprint density at radius 3 is 2.47 bits per heavy atom. The summed E-state index contributed by atoms with van der Waals surface area (Å²) in [7, 11) is -2.72. The summed E-state index contributed by atoms with van der Waals surface area (Å²) in [5, 5.41) is 0. The van der Waals surface area contributed by atoms with Crippen LogP contribution in [0.15, 0.2) is 30.4 Å². The second kappa shape index (κ2) is 5.99. The van der Waals surface area contributed by atoms with Crippen molar-refractivity contribution in [2.45, 2.75) is 19.1 Å². The number of allylic oxidation sites excluding steroid dienone is 1. The molecule has 104 valence electrons. The Morgan fingerprint density at radius 2 is 2.00 bits per heavy atom. The Bertz CT molecular complexity index is 601. The minimum atomic E-state index is -4.17. The summed E-state index contributed by atoms with van der Waals surface area (Å²) in [6.07, 6.45) is 0.0458. The van der Waals surface area contributed by atoms with E-state index in [1.807, 2.05) is 0 Å². The second-order valence-electron chi connectivity index (χ2n) is 4.24. The molecule has 0 unspecified atom stereocenters. The van der Waals surface area contributed by atoms with Gasteiger partial charge in [-0.05, 0) is 35.8 Å². The lowest BCUT2D eigenvalue weighted by Crippen LogP contribution is -2.09. The first-order valence-electron chi connectivity index (χ1n) is 5.52. The number of ether oxygens (including phenoxy) is 1. The maximum absolute atomic E-state index is 11.6. The molecule has 1 aromatic carbocycles. The van der Waals surface area contributed by atoms with Crippen LogP contribution in [0.5, 0.6) is 5.75 Å². The maximum Gasteiger partial charge on any atom is 0.269 e. The predicted molar refractivity (Wildman–Crippen MR) is 71.8 cm³/mol. The van der Waals surface area contributed by atoms with Crippen molar-refractivity contribution in [1.29, 1.82) is 0 Å². The van der Waals surface area contributed by atoms with Gasteiger partial charge in [0.25, 0.3) is 10.1 Å². The van der Waals surface area contributed by atoms with Crippen molar-refractivity contribution < 1.29 is 22.5 Å². The van der Waals surface area contributed by atoms with Gasteiger partial charge in [-0.15, -0.1) is 0 Å². The van der Waals surface area contributed by atoms with E-state index < -0.39 is 15.9 Å². The van der Waals surface area contributed by atoms with E-state index in [9.17, 15) is 13.2 Å². The van der Waals surface area contributed by atoms with Gasteiger partial charge < -0.3 is 4.74 Å². The highest BCUT2D eigenvalue weighted by Crippen LogP contribution is 2.21. The number of methoxy groups -OCH3 is 1. The summed E-state index contributed by atoms with van der Waals surface area (Å²) >= 11 is 0. The smallest absolute Gasteiger partial charge is 0.269 e. The maximum atomic E-state index is 11.6. The van der Waals surface area contributed by atoms with Gasteiger partial charge in [0.1, 0.15) is 11.5 Å². The molecule has 0 spiro atoms. The summed E-state index contributed by atoms with van der Waals surface area (Å²) in [5.41, 5.74) is 1.27. The highest BCUT2D eigenvalue weighted by Gasteiger charge is 2.15. The Morgan fingerprint density at radius 1 is 1.37 bits per heavy atom. The summed E-state index contributed by atoms with van der Waals surface area (Å²) in [4.78, 5) is 11.6. The van der Waals surface area contributed by atoms with Gasteiger partial charge in [-0.25, -0.2) is 0 Å². The van der Waals surface area contributed by atoms with Gasteiger partial charge in [-0.2, -0.15) is 8.42 Å². The van der Waals surface area contributed by atoms with Crippen LogP contribution >= 0.6 is 0 Å². The Kier molecular flexibility index (Phi) is 4.85. The molecule has 0 saturated heterocycles. The van der Waals surface area contributed by atoms with Crippen LogP contribution in [0, 0.1) is 0 Å². The molecule has 0 radical (unpaired) electrons. The first-order valence-corrected chi connectivity index (χ1v) is 7.13. The zero-order valence-electron chi connectivity index (χ0n) is 10.8. The van der Waals surface area contributed by atoms with Gasteiger partial charge in [0.2, 0.25) is 0 Å². The van der Waals surface area contributed by atoms with Gasteiger partial charge in [-0.1, -0.05) is 12.6 Å². The number of hydrogen-bond donors (Lipinski definition) is 1. The van der Waals surface area contributed by atoms with Crippen molar-refractivity contribution in [3.63, 3.8) is 0 Å². The molecule has 0 saturated carbocycles. The van der Waals surface area contributed by atoms with E-state index in [0.717, 1.165) is 0 Å². The lowest BCUT2D eigenvalue weighted by molar-refractivity contribution is -0.114. The quantitative estimate of drug-likeness (QED) is 0.636. The normalized spacial score (nSPS) is 11.1. The van der Waals surface area contributed by atoms with Crippen LogP contribution in [0.1, 0.15) is 18.1 Å². The molecule has 0 aliphatic carbocycles. The standard InChI is InChI=1S/C13H16O5S/c1-9(2)13(14)7-10-4-5-12(18-3)6-11(10)8-19(15,16)17/h4-6H,1,7-8H2,2-3H3,(H,15,16,17). The number of Topliss-reactive ketones (excluding diaryl/α,β-unsaturated/α-hetero) is 1. The molecule has 0 aromatic heterocycles. The van der Waals surface area contributed by atoms with E-state index >= 15 is 0 Å². The molecule has 0 aliphatic heterocycles. The third kappa shape index (κ3) is 4.84. The lowest BCUT2D eigenvalue weighted by Gasteiger charge is -2.10. The fourth-order valence-corrected chi connectivity index (χ4v) is 2.22. The molecule has 0 fully saturated rings. The largest absolute Gasteiger partial charge is 0.497 e. The van der Waals surface area contributed by atoms with E-state index in [1.54, 1.807) is 19.1 Å². The molecule has 0 atom stereocenters. The van der Waals surface area contributed by atoms with Crippen molar-refractivity contribution in [2.75, 3.05) is 7.11 Å². The van der Waals surface area contributed by atoms with Gasteiger partial charge in [-0.3, -0.25) is 9.35 Å². The van der Waals surface area contributed by atoms with Crippen molar-refractivity contribution in [1.82, 2.24) is 0 Å². The second-order valence-corrected chi connectivity index (χ2v) is 5.69. The lowest BCUT2D eigenvalue weighted by atomic mass is 10.0. The van der Waals surface area contributed by atoms with Crippen LogP contribution < -0.4 is 4.74 Å². The third-order valence-electron chi connectivity index (χ3n) is 2.58. The summed E-state index contributed by atoms with van der Waals surface area (Å²) in [6, 6.07) is 4.74. The molecule has 6 heteroatoms. The first kappa shape index (κ1) is 15.4. The molecule has 0 amide bonds. The molecule has 1 rings (SSSR count). The van der Waals surface area contributed by atoms with Gasteiger partial charge >= 0.3 is 0 Å². The zero-order valence-corrected chi connectivity index (χ0v) is 11.7. The van der Waals surface area contributed by atoms with Crippen LogP contribution in [-0.2, 0) is 27.1 Å². The minimum absolute atomic E-state index is 0.0458. The van der Waals surface area contributed by atoms with Crippen LogP contribution in [-0.4, -0.2) is 25.9 Å². The summed E-state index contributed by atoms with van der Waals surface area (Å²) in [6.45, 7) is 5.14. The fourth-order valence-electron chi connectivity index (χ4n) is 1.56. The minimum Gasteiger partial charge on any atom is -0.497 e. The molecule has 5 nitrogen and oxygen atoms in total. The van der Waals surface area contributed by atoms with Gasteiger partial charge in [0.05, 0.1) is 7.11 Å². The number of rotatable bonds is 6. The first-order chi connectivity index (χ1) is 8.73. The Hall–Kier alpha value is -1.66. The average molecular weight is 284 g/mol. The van der Waals surface area contributed by atoms with Crippen LogP contribution in [0.25, 0.3) is 0 Å². The number of benzene rings is 1. The van der Waals surface area contributed by atoms with Crippen molar-refractivity contribution in [3.05, 3.63) is 41.5 Å². The number of carbonyl (C=O) groups excluding carboxylic acids is 1. The SMILES string of the molecule is C=C(C)C(=O)Cc1ccc(OC)cc1CS(=O)(=O)O. The molecule has 0 aliphatic rings. The van der Waals surface area contributed by atoms with Crippen molar-refractivity contribution >= 4 is 15.9 Å². The molecular weight excluding hydrogens is 268 g/mol. The summed E-state index contributed by atoms with van der Waals surface area (Å²) in [5.74, 6) is -0.268. The number of ketones is 1. The predicted octanol–water partition coefficient (Wildman–Crippen LogP) is 1.77. The number of carbonyl (C=O) groups is 1. The highest BCUT2D eigenvalue weighted by molar-refractivity contribution is 7.85. The topological polar surface area (TPSA) is 80.7 Å². The molecule has 1 N–H and O–H groups in total. The van der Waals surface area contributed by atoms with E-state index in [2.05, 4.69) is 6.58 Å². The number of hydrogen-bond acceptors (Lipinski definition) is 4. The van der Waals surface area contributed by atoms with E-state index in [4.69, 9.17) is 9.29 Å². The van der Waals surface area contributed by atoms with Gasteiger partial charge in [0, 0.05) is 6.42 Å². The molecule has 1 aromatic rings. The van der Waals surface area contributed by atoms with E-state index in [1.165, 1.54) is 13.2 Å². The van der Waals surface area contributed by atoms with E-state index in [0.29, 0.717) is 22.4 Å². The molecule has 19 heavy (non-hydrogen) atoms. The fraction of sp³-hybridized carbons (Fsp3) is 0.308.